The summed E-state index contributed by atoms with van der Waals surface area (Å²) >= 11 is 0. The fraction of sp³-hybridized carbons (Fsp3) is 0.263. The Labute approximate surface area is 129 Å². The van der Waals surface area contributed by atoms with Gasteiger partial charge in [-0.1, -0.05) is 55.0 Å². The Balaban J connectivity index is 2.14. The van der Waals surface area contributed by atoms with Gasteiger partial charge in [-0.05, 0) is 24.5 Å². The van der Waals surface area contributed by atoms with Gasteiger partial charge in [0.05, 0.1) is 5.92 Å². The quantitative estimate of drug-likeness (QED) is 0.807. The van der Waals surface area contributed by atoms with Gasteiger partial charge in [0.15, 0.2) is 5.78 Å². The largest absolute Gasteiger partial charge is 0.459 e. The average molecular weight is 294 g/mol. The topological polar surface area (TPSA) is 43.4 Å². The van der Waals surface area contributed by atoms with Crippen LogP contribution in [0, 0.1) is 6.92 Å². The Morgan fingerprint density at radius 2 is 1.91 bits per heavy atom. The number of ketones is 1. The van der Waals surface area contributed by atoms with E-state index in [9.17, 15) is 9.59 Å². The normalized spacial score (nSPS) is 19.8. The summed E-state index contributed by atoms with van der Waals surface area (Å²) < 4.78 is 5.30. The molecule has 0 saturated heterocycles. The van der Waals surface area contributed by atoms with Crippen molar-refractivity contribution >= 4 is 12.3 Å². The van der Waals surface area contributed by atoms with E-state index in [1.807, 2.05) is 37.3 Å². The van der Waals surface area contributed by atoms with Gasteiger partial charge in [-0.3, -0.25) is 9.59 Å². The van der Waals surface area contributed by atoms with E-state index in [1.54, 1.807) is 6.07 Å². The minimum Gasteiger partial charge on any atom is -0.459 e. The summed E-state index contributed by atoms with van der Waals surface area (Å²) in [5.74, 6) is -0.417. The summed E-state index contributed by atoms with van der Waals surface area (Å²) in [4.78, 5) is 23.8. The molecule has 1 aliphatic rings. The molecule has 0 aromatic heterocycles. The van der Waals surface area contributed by atoms with Gasteiger partial charge >= 0.3 is 0 Å². The maximum absolute atomic E-state index is 12.8. The van der Waals surface area contributed by atoms with Crippen molar-refractivity contribution in [1.29, 1.82) is 0 Å². The lowest BCUT2D eigenvalue weighted by Gasteiger charge is -2.21. The number of hydrogen-bond donors (Lipinski definition) is 0. The summed E-state index contributed by atoms with van der Waals surface area (Å²) in [6, 6.07) is 13.5. The predicted octanol–water partition coefficient (Wildman–Crippen LogP) is 3.75. The molecule has 0 N–H and O–H groups in total. The van der Waals surface area contributed by atoms with Crippen molar-refractivity contribution in [3.8, 4) is 0 Å². The average Bonchev–Trinajstić information content (AvgIpc) is 2.81. The van der Waals surface area contributed by atoms with E-state index in [0.717, 1.165) is 28.7 Å². The highest BCUT2D eigenvalue weighted by molar-refractivity contribution is 6.06. The van der Waals surface area contributed by atoms with Gasteiger partial charge in [0, 0.05) is 11.1 Å². The Kier molecular flexibility index (Phi) is 3.80. The first-order valence-corrected chi connectivity index (χ1v) is 7.49. The van der Waals surface area contributed by atoms with E-state index in [0.29, 0.717) is 12.0 Å². The number of rotatable bonds is 4. The number of hydrogen-bond acceptors (Lipinski definition) is 3. The monoisotopic (exact) mass is 294 g/mol. The second-order valence-corrected chi connectivity index (χ2v) is 5.64. The van der Waals surface area contributed by atoms with Crippen molar-refractivity contribution in [1.82, 2.24) is 0 Å². The third-order valence-electron chi connectivity index (χ3n) is 4.33. The predicted molar refractivity (Wildman–Crippen MR) is 84.0 cm³/mol. The van der Waals surface area contributed by atoms with Crippen molar-refractivity contribution in [2.45, 2.75) is 32.3 Å². The fourth-order valence-electron chi connectivity index (χ4n) is 3.31. The third kappa shape index (κ3) is 2.23. The Hall–Kier alpha value is -2.42. The number of fused-ring (bicyclic) bond motifs is 1. The Morgan fingerprint density at radius 1 is 1.14 bits per heavy atom. The zero-order valence-electron chi connectivity index (χ0n) is 12.7. The van der Waals surface area contributed by atoms with Crippen molar-refractivity contribution in [3.63, 3.8) is 0 Å². The molecule has 3 rings (SSSR count). The zero-order valence-corrected chi connectivity index (χ0v) is 12.7. The van der Waals surface area contributed by atoms with Gasteiger partial charge in [0.1, 0.15) is 6.10 Å². The highest BCUT2D eigenvalue weighted by atomic mass is 16.5. The van der Waals surface area contributed by atoms with Gasteiger partial charge in [0.2, 0.25) is 0 Å². The highest BCUT2D eigenvalue weighted by Crippen LogP contribution is 2.45. The molecule has 22 heavy (non-hydrogen) atoms. The molecule has 0 fully saturated rings. The molecule has 0 spiro atoms. The van der Waals surface area contributed by atoms with Crippen LogP contribution in [-0.4, -0.2) is 12.3 Å². The van der Waals surface area contributed by atoms with Crippen LogP contribution in [0.15, 0.2) is 42.5 Å². The summed E-state index contributed by atoms with van der Waals surface area (Å²) in [6.07, 6.45) is 0.305. The van der Waals surface area contributed by atoms with Crippen LogP contribution in [0.3, 0.4) is 0 Å². The number of benzene rings is 2. The molecular formula is C19H18O3. The molecule has 1 aliphatic carbocycles. The Morgan fingerprint density at radius 3 is 2.64 bits per heavy atom. The second kappa shape index (κ2) is 5.76. The maximum atomic E-state index is 12.8. The molecule has 2 atom stereocenters. The van der Waals surface area contributed by atoms with Crippen molar-refractivity contribution in [2.24, 2.45) is 0 Å². The van der Waals surface area contributed by atoms with Gasteiger partial charge in [-0.2, -0.15) is 0 Å². The number of carbonyl (C=O) groups is 2. The first kappa shape index (κ1) is 14.5. The number of ether oxygens (including phenoxy) is 1. The molecule has 0 saturated carbocycles. The number of aryl methyl sites for hydroxylation is 2. The molecule has 2 aromatic rings. The van der Waals surface area contributed by atoms with Gasteiger partial charge in [0.25, 0.3) is 6.47 Å². The molecule has 3 nitrogen and oxygen atoms in total. The van der Waals surface area contributed by atoms with E-state index in [-0.39, 0.29) is 5.78 Å². The molecule has 2 aromatic carbocycles. The molecule has 112 valence electrons. The molecule has 3 heteroatoms. The number of Topliss-reactive ketones (excluding diaryl/α,β-unsaturated/α-hetero) is 1. The van der Waals surface area contributed by atoms with E-state index in [2.05, 4.69) is 13.0 Å². The van der Waals surface area contributed by atoms with E-state index in [4.69, 9.17) is 4.74 Å². The van der Waals surface area contributed by atoms with Crippen LogP contribution < -0.4 is 0 Å². The van der Waals surface area contributed by atoms with Crippen LogP contribution in [-0.2, 0) is 16.0 Å². The lowest BCUT2D eigenvalue weighted by atomic mass is 9.87. The molecule has 2 unspecified atom stereocenters. The second-order valence-electron chi connectivity index (χ2n) is 5.64. The van der Waals surface area contributed by atoms with Crippen LogP contribution in [0.2, 0.25) is 0 Å². The van der Waals surface area contributed by atoms with E-state index in [1.165, 1.54) is 0 Å². The molecule has 0 bridgehead atoms. The standard InChI is InChI=1S/C19H18O3/c1-3-13-10-12(2)8-9-14(13)17-18(21)15-6-4-5-7-16(15)19(17)22-11-20/h4-11,17,19H,3H2,1-2H3. The SMILES string of the molecule is CCc1cc(C)ccc1C1C(=O)c2ccccc2C1OC=O. The summed E-state index contributed by atoms with van der Waals surface area (Å²) in [5, 5.41) is 0. The molecule has 0 radical (unpaired) electrons. The maximum Gasteiger partial charge on any atom is 0.293 e. The fourth-order valence-corrected chi connectivity index (χ4v) is 3.31. The summed E-state index contributed by atoms with van der Waals surface area (Å²) in [7, 11) is 0. The van der Waals surface area contributed by atoms with Crippen molar-refractivity contribution < 1.29 is 14.3 Å². The summed E-state index contributed by atoms with van der Waals surface area (Å²) in [5.41, 5.74) is 4.71. The van der Waals surface area contributed by atoms with Gasteiger partial charge in [-0.15, -0.1) is 0 Å². The van der Waals surface area contributed by atoms with E-state index >= 15 is 0 Å². The molecule has 0 amide bonds. The minimum absolute atomic E-state index is 0.0287. The lowest BCUT2D eigenvalue weighted by molar-refractivity contribution is -0.134. The number of carbonyl (C=O) groups excluding carboxylic acids is 2. The van der Waals surface area contributed by atoms with E-state index < -0.39 is 12.0 Å². The summed E-state index contributed by atoms with van der Waals surface area (Å²) in [6.45, 7) is 4.54. The van der Waals surface area contributed by atoms with Crippen LogP contribution in [0.25, 0.3) is 0 Å². The highest BCUT2D eigenvalue weighted by Gasteiger charge is 2.42. The molecule has 0 aliphatic heterocycles. The van der Waals surface area contributed by atoms with Crippen LogP contribution in [0.4, 0.5) is 0 Å². The lowest BCUT2D eigenvalue weighted by Crippen LogP contribution is -2.16. The third-order valence-corrected chi connectivity index (χ3v) is 4.33. The van der Waals surface area contributed by atoms with Gasteiger partial charge < -0.3 is 4.74 Å². The zero-order chi connectivity index (χ0) is 15.7. The van der Waals surface area contributed by atoms with Crippen molar-refractivity contribution in [3.05, 3.63) is 70.3 Å². The first-order valence-electron chi connectivity index (χ1n) is 7.49. The van der Waals surface area contributed by atoms with Crippen LogP contribution >= 0.6 is 0 Å². The molecule has 0 heterocycles. The Bertz CT molecular complexity index is 733. The molecular weight excluding hydrogens is 276 g/mol. The van der Waals surface area contributed by atoms with Crippen LogP contribution in [0.5, 0.6) is 0 Å². The van der Waals surface area contributed by atoms with Crippen molar-refractivity contribution in [2.75, 3.05) is 0 Å². The first-order chi connectivity index (χ1) is 10.7. The minimum atomic E-state index is -0.533. The van der Waals surface area contributed by atoms with Crippen LogP contribution in [0.1, 0.15) is 51.6 Å². The smallest absolute Gasteiger partial charge is 0.293 e. The van der Waals surface area contributed by atoms with Gasteiger partial charge in [-0.25, -0.2) is 0 Å².